The van der Waals surface area contributed by atoms with Gasteiger partial charge in [0.1, 0.15) is 42.0 Å². The Morgan fingerprint density at radius 1 is 1.08 bits per heavy atom. The quantitative estimate of drug-likeness (QED) is 0.114. The van der Waals surface area contributed by atoms with Crippen LogP contribution in [0.1, 0.15) is 72.3 Å². The lowest BCUT2D eigenvalue weighted by Crippen LogP contribution is -2.62. The van der Waals surface area contributed by atoms with Crippen molar-refractivity contribution in [2.75, 3.05) is 6.54 Å². The van der Waals surface area contributed by atoms with Crippen molar-refractivity contribution < 1.29 is 58.0 Å². The molecule has 1 fully saturated rings. The van der Waals surface area contributed by atoms with Crippen molar-refractivity contribution in [3.05, 3.63) is 90.4 Å². The number of cyclic esters (lactones) is 1. The second-order valence-corrected chi connectivity index (χ2v) is 15.6. The molecule has 1 unspecified atom stereocenters. The van der Waals surface area contributed by atoms with Gasteiger partial charge >= 0.3 is 18.0 Å². The van der Waals surface area contributed by atoms with Crippen molar-refractivity contribution in [2.24, 2.45) is 17.8 Å². The van der Waals surface area contributed by atoms with Crippen LogP contribution in [0.4, 0.5) is 0 Å². The topological polar surface area (TPSA) is 247 Å². The number of phenols is 1. The zero-order valence-electron chi connectivity index (χ0n) is 35.1. The Labute approximate surface area is 354 Å². The molecular formula is C44H57N5O12. The third kappa shape index (κ3) is 14.7. The maximum Gasteiger partial charge on any atom is 0.401 e. The number of nitrogens with one attached hydrogen (secondary N) is 3. The van der Waals surface area contributed by atoms with E-state index >= 15 is 0 Å². The highest BCUT2D eigenvalue weighted by Crippen LogP contribution is 2.24. The number of benzene rings is 1. The number of allylic oxidation sites excluding steroid dienone is 4. The Morgan fingerprint density at radius 2 is 1.85 bits per heavy atom. The van der Waals surface area contributed by atoms with Crippen LogP contribution in [0.5, 0.6) is 11.8 Å². The summed E-state index contributed by atoms with van der Waals surface area (Å²) >= 11 is 0. The van der Waals surface area contributed by atoms with Crippen LogP contribution in [0, 0.1) is 17.8 Å². The fraction of sp³-hybridized carbons (Fsp3) is 0.477. The van der Waals surface area contributed by atoms with Gasteiger partial charge in [-0.1, -0.05) is 69.4 Å². The van der Waals surface area contributed by atoms with Gasteiger partial charge < -0.3 is 44.6 Å². The van der Waals surface area contributed by atoms with E-state index in [2.05, 4.69) is 21.0 Å². The number of hydrazine groups is 1. The summed E-state index contributed by atoms with van der Waals surface area (Å²) in [5.74, 6) is -6.29. The molecule has 2 aliphatic rings. The summed E-state index contributed by atoms with van der Waals surface area (Å²) in [7, 11) is 0. The Balaban J connectivity index is 1.70. The summed E-state index contributed by atoms with van der Waals surface area (Å²) in [5.41, 5.74) is 4.03. The van der Waals surface area contributed by atoms with E-state index in [4.69, 9.17) is 13.9 Å². The molecule has 4 rings (SSSR count). The Morgan fingerprint density at radius 3 is 2.54 bits per heavy atom. The van der Waals surface area contributed by atoms with E-state index in [1.165, 1.54) is 48.7 Å². The number of phenolic OH excluding ortho intramolecular Hbond substituents is 1. The molecule has 2 bridgehead atoms. The first-order valence-corrected chi connectivity index (χ1v) is 20.4. The minimum Gasteiger partial charge on any atom is -0.508 e. The van der Waals surface area contributed by atoms with Crippen molar-refractivity contribution in [1.29, 1.82) is 0 Å². The highest BCUT2D eigenvalue weighted by molar-refractivity contribution is 5.93. The number of amides is 3. The Kier molecular flexibility index (Phi) is 18.2. The normalized spacial score (nSPS) is 27.6. The number of nitrogens with zero attached hydrogens (tertiary/aromatic N) is 2. The predicted molar refractivity (Wildman–Crippen MR) is 221 cm³/mol. The zero-order valence-corrected chi connectivity index (χ0v) is 35.1. The number of oxazole rings is 1. The number of Topliss-reactive ketones (excluding diaryl/α,β-unsaturated/α-hetero) is 1. The van der Waals surface area contributed by atoms with E-state index in [-0.39, 0.29) is 49.8 Å². The van der Waals surface area contributed by atoms with Crippen LogP contribution in [0.15, 0.2) is 89.2 Å². The molecule has 1 saturated heterocycles. The van der Waals surface area contributed by atoms with Gasteiger partial charge in [0.25, 0.3) is 5.91 Å². The van der Waals surface area contributed by atoms with Crippen LogP contribution < -0.4 is 20.8 Å². The lowest BCUT2D eigenvalue weighted by Gasteiger charge is -2.36. The Bertz CT molecular complexity index is 1960. The summed E-state index contributed by atoms with van der Waals surface area (Å²) in [6.45, 7) is 8.19. The van der Waals surface area contributed by atoms with Gasteiger partial charge in [-0.15, -0.1) is 0 Å². The lowest BCUT2D eigenvalue weighted by atomic mass is 9.84. The largest absolute Gasteiger partial charge is 0.508 e. The number of ketones is 1. The van der Waals surface area contributed by atoms with Gasteiger partial charge in [-0.05, 0) is 62.3 Å². The summed E-state index contributed by atoms with van der Waals surface area (Å²) < 4.78 is 15.9. The number of ether oxygens (including phenoxy) is 2. The first kappa shape index (κ1) is 47.8. The van der Waals surface area contributed by atoms with E-state index in [0.717, 1.165) is 6.08 Å². The molecule has 8 atom stereocenters. The van der Waals surface area contributed by atoms with Gasteiger partial charge in [-0.3, -0.25) is 24.2 Å². The molecule has 3 heterocycles. The minimum absolute atomic E-state index is 0.0404. The molecule has 17 nitrogen and oxygen atoms in total. The predicted octanol–water partition coefficient (Wildman–Crippen LogP) is 2.92. The molecule has 330 valence electrons. The summed E-state index contributed by atoms with van der Waals surface area (Å²) in [6.07, 6.45) is 9.93. The SMILES string of the molecule is CC(=O)CC[C@H]1C(=O)N[C@@H](C(C)C)C(=O)N[C@@H](Cc2cccc(O)c2)C(=O)N2CCCC(N2)C(=O)O[C@H](/C(C)=C/C=C/C(=O)Oc2ncco2)C/C=C/C=C/[C@H](O)[C@H](C)[C@H]1O. The van der Waals surface area contributed by atoms with E-state index in [0.29, 0.717) is 24.0 Å². The molecule has 6 N–H and O–H groups in total. The first-order valence-electron chi connectivity index (χ1n) is 20.4. The summed E-state index contributed by atoms with van der Waals surface area (Å²) in [5, 5.41) is 39.5. The minimum atomic E-state index is -1.44. The smallest absolute Gasteiger partial charge is 0.401 e. The van der Waals surface area contributed by atoms with Crippen molar-refractivity contribution in [1.82, 2.24) is 26.1 Å². The average molecular weight is 848 g/mol. The average Bonchev–Trinajstić information content (AvgIpc) is 3.73. The van der Waals surface area contributed by atoms with Gasteiger partial charge in [-0.25, -0.2) is 10.2 Å². The maximum atomic E-state index is 14.3. The zero-order chi connectivity index (χ0) is 44.6. The number of aromatic nitrogens is 1. The number of hydrogen-bond acceptors (Lipinski definition) is 14. The number of fused-ring (bicyclic) bond motifs is 2. The number of aliphatic hydroxyl groups excluding tert-OH is 2. The highest BCUT2D eigenvalue weighted by atomic mass is 16.6. The summed E-state index contributed by atoms with van der Waals surface area (Å²) in [6, 6.07) is 2.80. The van der Waals surface area contributed by atoms with Crippen LogP contribution >= 0.6 is 0 Å². The standard InChI is InChI=1S/C44H57N5O12/c1-26(2)38-41(56)46-34(25-30-13-10-14-31(51)24-30)42(57)49-22-11-15-33(48-49)43(58)60-36(27(3)12-9-18-37(53)61-44-45-21-23-59-44)17-8-6-7-16-35(52)29(5)39(54)32(40(55)47-38)20-19-28(4)50/h6-10,12-14,16,18,21,23-24,26,29,32-36,38-39,48,51-52,54H,11,15,17,19-20,22,25H2,1-5H3,(H,46,56)(H,47,55)/b8-6+,16-7+,18-9+,27-12+/t29-,32+,33?,34-,35-,36-,38-,39+/m0/s1. The number of aliphatic hydroxyl groups is 2. The van der Waals surface area contributed by atoms with Crippen LogP contribution in [0.3, 0.4) is 0 Å². The molecule has 61 heavy (non-hydrogen) atoms. The number of carbonyl (C=O) groups is 6. The monoisotopic (exact) mass is 847 g/mol. The molecule has 1 aromatic heterocycles. The fourth-order valence-corrected chi connectivity index (χ4v) is 6.81. The first-order chi connectivity index (χ1) is 29.0. The van der Waals surface area contributed by atoms with E-state index in [9.17, 15) is 44.1 Å². The van der Waals surface area contributed by atoms with Crippen LogP contribution in [0.25, 0.3) is 0 Å². The number of carbonyl (C=O) groups excluding carboxylic acids is 6. The van der Waals surface area contributed by atoms with Gasteiger partial charge in [0.15, 0.2) is 0 Å². The van der Waals surface area contributed by atoms with Crippen molar-refractivity contribution in [2.45, 2.75) is 110 Å². The number of aromatic hydroxyl groups is 1. The Hall–Kier alpha value is -5.91. The second kappa shape index (κ2) is 23.2. The molecule has 0 saturated carbocycles. The number of esters is 2. The molecular weight excluding hydrogens is 791 g/mol. The molecule has 2 aromatic rings. The number of rotatable bonds is 10. The van der Waals surface area contributed by atoms with Gasteiger partial charge in [-0.2, -0.15) is 4.98 Å². The van der Waals surface area contributed by atoms with Crippen LogP contribution in [-0.2, 0) is 39.9 Å². The van der Waals surface area contributed by atoms with E-state index in [1.807, 2.05) is 0 Å². The van der Waals surface area contributed by atoms with E-state index in [1.54, 1.807) is 64.1 Å². The molecule has 1 aromatic carbocycles. The van der Waals surface area contributed by atoms with Gasteiger partial charge in [0, 0.05) is 37.8 Å². The van der Waals surface area contributed by atoms with Crippen LogP contribution in [-0.4, -0.2) is 104 Å². The molecule has 0 radical (unpaired) electrons. The third-order valence-corrected chi connectivity index (χ3v) is 10.4. The molecule has 3 amide bonds. The summed E-state index contributed by atoms with van der Waals surface area (Å²) in [4.78, 5) is 84.1. The molecule has 17 heteroatoms. The molecule has 0 spiro atoms. The van der Waals surface area contributed by atoms with Crippen molar-refractivity contribution in [3.8, 4) is 11.8 Å². The van der Waals surface area contributed by atoms with E-state index < -0.39 is 83.9 Å². The van der Waals surface area contributed by atoms with Crippen molar-refractivity contribution in [3.63, 3.8) is 0 Å². The van der Waals surface area contributed by atoms with Crippen molar-refractivity contribution >= 4 is 35.4 Å². The second-order valence-electron chi connectivity index (χ2n) is 15.6. The molecule has 0 aliphatic carbocycles. The fourth-order valence-electron chi connectivity index (χ4n) is 6.81. The number of hydrogen-bond donors (Lipinski definition) is 6. The van der Waals surface area contributed by atoms with Gasteiger partial charge in [0.2, 0.25) is 11.8 Å². The maximum absolute atomic E-state index is 14.3. The van der Waals surface area contributed by atoms with Gasteiger partial charge in [0.05, 0.1) is 24.3 Å². The highest BCUT2D eigenvalue weighted by Gasteiger charge is 2.38. The lowest BCUT2D eigenvalue weighted by molar-refractivity contribution is -0.156. The third-order valence-electron chi connectivity index (χ3n) is 10.4. The van der Waals surface area contributed by atoms with Crippen LogP contribution in [0.2, 0.25) is 0 Å². The molecule has 2 aliphatic heterocycles.